The maximum absolute atomic E-state index is 13.9. The highest BCUT2D eigenvalue weighted by atomic mass is 32.2. The lowest BCUT2D eigenvalue weighted by molar-refractivity contribution is -0.117. The molecule has 1 aliphatic heterocycles. The number of likely N-dealkylation sites (N-methyl/N-ethyl adjacent to an activating group) is 1. The molecule has 0 aliphatic carbocycles. The lowest BCUT2D eigenvalue weighted by atomic mass is 10.2. The molecule has 10 heteroatoms. The molecule has 2 N–H and O–H groups in total. The zero-order valence-electron chi connectivity index (χ0n) is 17.1. The van der Waals surface area contributed by atoms with E-state index in [1.807, 2.05) is 0 Å². The maximum Gasteiger partial charge on any atom is 0.262 e. The molecule has 0 atom stereocenters. The van der Waals surface area contributed by atoms with Gasteiger partial charge in [0.15, 0.2) is 0 Å². The molecule has 2 aromatic rings. The number of hydrogen-bond acceptors (Lipinski definition) is 5. The van der Waals surface area contributed by atoms with Crippen LogP contribution in [0.3, 0.4) is 0 Å². The molecule has 0 bridgehead atoms. The van der Waals surface area contributed by atoms with Crippen LogP contribution in [0.5, 0.6) is 0 Å². The van der Waals surface area contributed by atoms with Crippen LogP contribution in [0.2, 0.25) is 0 Å². The van der Waals surface area contributed by atoms with Crippen molar-refractivity contribution in [2.24, 2.45) is 4.99 Å². The summed E-state index contributed by atoms with van der Waals surface area (Å²) < 4.78 is 55.3. The first-order valence-electron chi connectivity index (χ1n) is 9.90. The number of amides is 1. The van der Waals surface area contributed by atoms with E-state index in [9.17, 15) is 22.0 Å². The number of rotatable bonds is 8. The number of nitrogens with zero attached hydrogens (tertiary/aromatic N) is 2. The van der Waals surface area contributed by atoms with E-state index < -0.39 is 27.6 Å². The van der Waals surface area contributed by atoms with Gasteiger partial charge in [0.25, 0.3) is 10.0 Å². The van der Waals surface area contributed by atoms with E-state index in [-0.39, 0.29) is 23.5 Å². The standard InChI is InChI=1S/C21H24F2N4O3S/c1-2-27(13-17-18(22)8-4-9-19(17)23)14-21(28)25-15-6-3-7-16(12-15)31(29,30)26-20-10-5-11-24-20/h3-4,6-9,12H,2,5,10-11,13-14H2,1H3,(H,24,26)(H,25,28). The van der Waals surface area contributed by atoms with Crippen molar-refractivity contribution in [1.29, 1.82) is 0 Å². The monoisotopic (exact) mass is 450 g/mol. The quantitative estimate of drug-likeness (QED) is 0.647. The van der Waals surface area contributed by atoms with Crippen molar-refractivity contribution in [2.75, 3.05) is 25.0 Å². The molecule has 1 heterocycles. The number of hydrogen-bond donors (Lipinski definition) is 2. The Bertz CT molecular complexity index is 1070. The average molecular weight is 451 g/mol. The van der Waals surface area contributed by atoms with Gasteiger partial charge in [0.05, 0.1) is 11.4 Å². The maximum atomic E-state index is 13.9. The van der Waals surface area contributed by atoms with Crippen LogP contribution in [0.25, 0.3) is 0 Å². The Morgan fingerprint density at radius 3 is 2.52 bits per heavy atom. The van der Waals surface area contributed by atoms with Crippen molar-refractivity contribution >= 4 is 27.5 Å². The van der Waals surface area contributed by atoms with Gasteiger partial charge in [-0.3, -0.25) is 19.4 Å². The number of sulfonamides is 1. The van der Waals surface area contributed by atoms with Gasteiger partial charge in [-0.15, -0.1) is 0 Å². The summed E-state index contributed by atoms with van der Waals surface area (Å²) in [5.41, 5.74) is 0.195. The molecule has 0 saturated heterocycles. The van der Waals surface area contributed by atoms with Crippen molar-refractivity contribution < 1.29 is 22.0 Å². The number of benzene rings is 2. The number of halogens is 2. The van der Waals surface area contributed by atoms with E-state index in [4.69, 9.17) is 0 Å². The van der Waals surface area contributed by atoms with E-state index in [2.05, 4.69) is 15.0 Å². The van der Waals surface area contributed by atoms with Gasteiger partial charge in [0, 0.05) is 30.8 Å². The number of carbonyl (C=O) groups excluding carboxylic acids is 1. The highest BCUT2D eigenvalue weighted by Crippen LogP contribution is 2.17. The molecule has 7 nitrogen and oxygen atoms in total. The minimum absolute atomic E-state index is 0.000625. The van der Waals surface area contributed by atoms with Crippen molar-refractivity contribution in [1.82, 2.24) is 9.62 Å². The first kappa shape index (κ1) is 22.8. The van der Waals surface area contributed by atoms with Gasteiger partial charge in [-0.1, -0.05) is 19.1 Å². The zero-order valence-corrected chi connectivity index (χ0v) is 17.9. The Morgan fingerprint density at radius 2 is 1.87 bits per heavy atom. The van der Waals surface area contributed by atoms with Crippen molar-refractivity contribution in [3.05, 3.63) is 59.7 Å². The summed E-state index contributed by atoms with van der Waals surface area (Å²) in [6, 6.07) is 9.48. The summed E-state index contributed by atoms with van der Waals surface area (Å²) in [5.74, 6) is -1.35. The number of nitrogens with one attached hydrogen (secondary N) is 2. The van der Waals surface area contributed by atoms with Crippen molar-refractivity contribution in [2.45, 2.75) is 31.2 Å². The van der Waals surface area contributed by atoms with Crippen LogP contribution < -0.4 is 10.0 Å². The summed E-state index contributed by atoms with van der Waals surface area (Å²) in [7, 11) is -3.81. The molecule has 2 aromatic carbocycles. The zero-order chi connectivity index (χ0) is 22.4. The Kier molecular flexibility index (Phi) is 7.34. The smallest absolute Gasteiger partial charge is 0.262 e. The molecule has 0 fully saturated rings. The second-order valence-corrected chi connectivity index (χ2v) is 8.80. The number of anilines is 1. The van der Waals surface area contributed by atoms with Gasteiger partial charge in [-0.25, -0.2) is 17.2 Å². The summed E-state index contributed by atoms with van der Waals surface area (Å²) in [5, 5.41) is 2.64. The van der Waals surface area contributed by atoms with Crippen molar-refractivity contribution in [3.8, 4) is 0 Å². The van der Waals surface area contributed by atoms with Gasteiger partial charge in [0.2, 0.25) is 5.91 Å². The molecule has 1 amide bonds. The van der Waals surface area contributed by atoms with E-state index in [0.29, 0.717) is 31.0 Å². The van der Waals surface area contributed by atoms with Gasteiger partial charge < -0.3 is 5.32 Å². The Morgan fingerprint density at radius 1 is 1.16 bits per heavy atom. The van der Waals surface area contributed by atoms with E-state index in [1.165, 1.54) is 36.4 Å². The fourth-order valence-corrected chi connectivity index (χ4v) is 4.30. The molecular weight excluding hydrogens is 426 g/mol. The highest BCUT2D eigenvalue weighted by molar-refractivity contribution is 7.90. The molecule has 1 aliphatic rings. The first-order chi connectivity index (χ1) is 14.8. The van der Waals surface area contributed by atoms with Crippen molar-refractivity contribution in [3.63, 3.8) is 0 Å². The predicted octanol–water partition coefficient (Wildman–Crippen LogP) is 2.90. The highest BCUT2D eigenvalue weighted by Gasteiger charge is 2.19. The van der Waals surface area contributed by atoms with Crippen LogP contribution in [0.15, 0.2) is 52.4 Å². The minimum atomic E-state index is -3.81. The molecule has 3 rings (SSSR count). The lowest BCUT2D eigenvalue weighted by Gasteiger charge is -2.20. The summed E-state index contributed by atoms with van der Waals surface area (Å²) in [6.07, 6.45) is 1.38. The fraction of sp³-hybridized carbons (Fsp3) is 0.333. The average Bonchev–Trinajstić information content (AvgIpc) is 3.22. The molecule has 0 saturated carbocycles. The molecule has 166 valence electrons. The topological polar surface area (TPSA) is 90.9 Å². The Hall–Kier alpha value is -2.85. The minimum Gasteiger partial charge on any atom is -0.325 e. The van der Waals surface area contributed by atoms with E-state index >= 15 is 0 Å². The Labute approximate surface area is 180 Å². The largest absolute Gasteiger partial charge is 0.325 e. The normalized spacial score (nSPS) is 13.9. The summed E-state index contributed by atoms with van der Waals surface area (Å²) >= 11 is 0. The van der Waals surface area contributed by atoms with E-state index in [0.717, 1.165) is 6.42 Å². The third-order valence-corrected chi connectivity index (χ3v) is 6.19. The molecule has 0 spiro atoms. The van der Waals surface area contributed by atoms with E-state index in [1.54, 1.807) is 17.9 Å². The number of carbonyl (C=O) groups is 1. The lowest BCUT2D eigenvalue weighted by Crippen LogP contribution is -2.33. The van der Waals surface area contributed by atoms with Crippen LogP contribution in [-0.2, 0) is 21.4 Å². The van der Waals surface area contributed by atoms with Crippen LogP contribution in [0, 0.1) is 11.6 Å². The van der Waals surface area contributed by atoms with Gasteiger partial charge in [-0.05, 0) is 43.3 Å². The summed E-state index contributed by atoms with van der Waals surface area (Å²) in [6.45, 7) is 2.58. The van der Waals surface area contributed by atoms with Crippen LogP contribution in [0.1, 0.15) is 25.3 Å². The molecule has 0 radical (unpaired) electrons. The molecule has 31 heavy (non-hydrogen) atoms. The van der Waals surface area contributed by atoms with Gasteiger partial charge >= 0.3 is 0 Å². The second kappa shape index (κ2) is 9.97. The van der Waals surface area contributed by atoms with Gasteiger partial charge in [0.1, 0.15) is 17.5 Å². The van der Waals surface area contributed by atoms with Gasteiger partial charge in [-0.2, -0.15) is 0 Å². The van der Waals surface area contributed by atoms with Crippen LogP contribution in [0.4, 0.5) is 14.5 Å². The molecule has 0 aromatic heterocycles. The van der Waals surface area contributed by atoms with Crippen LogP contribution in [-0.4, -0.2) is 44.7 Å². The number of aliphatic imine (C=N–C) groups is 1. The summed E-state index contributed by atoms with van der Waals surface area (Å²) in [4.78, 5) is 18.1. The number of amidine groups is 1. The Balaban J connectivity index is 1.65. The third kappa shape index (κ3) is 6.08. The molecular formula is C21H24F2N4O3S. The molecule has 0 unspecified atom stereocenters. The second-order valence-electron chi connectivity index (χ2n) is 7.12. The predicted molar refractivity (Wildman–Crippen MR) is 114 cm³/mol. The van der Waals surface area contributed by atoms with Crippen LogP contribution >= 0.6 is 0 Å². The third-order valence-electron chi connectivity index (χ3n) is 4.81. The SMILES string of the molecule is CCN(CC(=O)Nc1cccc(S(=O)(=O)NC2=NCCC2)c1)Cc1c(F)cccc1F. The first-order valence-corrected chi connectivity index (χ1v) is 11.4. The fourth-order valence-electron chi connectivity index (χ4n) is 3.17.